The Morgan fingerprint density at radius 2 is 1.87 bits per heavy atom. The van der Waals surface area contributed by atoms with Gasteiger partial charge in [0, 0.05) is 5.39 Å². The monoisotopic (exact) mass is 197 g/mol. The molecule has 15 heavy (non-hydrogen) atoms. The Hall–Kier alpha value is -2.23. The normalized spacial score (nSPS) is 10.9. The van der Waals surface area contributed by atoms with Gasteiger partial charge in [0.05, 0.1) is 17.1 Å². The van der Waals surface area contributed by atoms with E-state index in [0.29, 0.717) is 21.9 Å². The molecule has 0 bridgehead atoms. The molecular weight excluding hydrogens is 190 g/mol. The topological polar surface area (TPSA) is 58.9 Å². The molecule has 0 saturated heterocycles. The smallest absolute Gasteiger partial charge is 0.187 e. The summed E-state index contributed by atoms with van der Waals surface area (Å²) in [5.41, 5.74) is 1.19. The van der Waals surface area contributed by atoms with Crippen molar-refractivity contribution < 1.29 is 5.11 Å². The molecule has 0 atom stereocenters. The average Bonchev–Trinajstić information content (AvgIpc) is 2.56. The van der Waals surface area contributed by atoms with E-state index in [4.69, 9.17) is 0 Å². The quantitative estimate of drug-likeness (QED) is 0.597. The van der Waals surface area contributed by atoms with Gasteiger partial charge < -0.3 is 5.11 Å². The van der Waals surface area contributed by atoms with Crippen LogP contribution in [0.3, 0.4) is 0 Å². The summed E-state index contributed by atoms with van der Waals surface area (Å²) in [7, 11) is 0. The molecule has 0 amide bonds. The largest absolute Gasteiger partial charge is 0.506 e. The first kappa shape index (κ1) is 8.11. The summed E-state index contributed by atoms with van der Waals surface area (Å²) in [6.07, 6.45) is 1.52. The number of rotatable bonds is 0. The van der Waals surface area contributed by atoms with Crippen LogP contribution in [-0.2, 0) is 0 Å². The molecule has 4 heteroatoms. The molecule has 3 rings (SSSR count). The van der Waals surface area contributed by atoms with Crippen LogP contribution in [0.1, 0.15) is 0 Å². The van der Waals surface area contributed by atoms with E-state index in [-0.39, 0.29) is 5.75 Å². The van der Waals surface area contributed by atoms with Gasteiger partial charge in [0.25, 0.3) is 0 Å². The minimum absolute atomic E-state index is 0.191. The Kier molecular flexibility index (Phi) is 1.56. The molecule has 1 N–H and O–H groups in total. The van der Waals surface area contributed by atoms with Crippen LogP contribution in [0.4, 0.5) is 0 Å². The van der Waals surface area contributed by atoms with Crippen molar-refractivity contribution in [3.63, 3.8) is 0 Å². The van der Waals surface area contributed by atoms with Crippen LogP contribution >= 0.6 is 0 Å². The molecule has 0 radical (unpaired) electrons. The number of aromatic nitrogens is 3. The number of fused-ring (bicyclic) bond motifs is 2. The Morgan fingerprint density at radius 3 is 2.80 bits per heavy atom. The van der Waals surface area contributed by atoms with E-state index in [9.17, 15) is 5.11 Å². The van der Waals surface area contributed by atoms with E-state index in [1.807, 2.05) is 30.3 Å². The second-order valence-corrected chi connectivity index (χ2v) is 3.25. The molecule has 0 aliphatic rings. The third-order valence-corrected chi connectivity index (χ3v) is 2.33. The van der Waals surface area contributed by atoms with Crippen LogP contribution in [0.25, 0.3) is 21.9 Å². The van der Waals surface area contributed by atoms with Crippen molar-refractivity contribution in [3.8, 4) is 5.75 Å². The number of hydrogen-bond acceptors (Lipinski definition) is 4. The molecule has 0 aliphatic carbocycles. The maximum absolute atomic E-state index is 9.99. The minimum atomic E-state index is 0.191. The molecule has 72 valence electrons. The molecule has 0 fully saturated rings. The molecule has 2 heterocycles. The highest BCUT2D eigenvalue weighted by atomic mass is 16.3. The lowest BCUT2D eigenvalue weighted by molar-refractivity contribution is 0.487. The predicted molar refractivity (Wildman–Crippen MR) is 56.5 cm³/mol. The first-order valence-corrected chi connectivity index (χ1v) is 4.55. The highest BCUT2D eigenvalue weighted by Gasteiger charge is 2.08. The molecule has 0 saturated carbocycles. The van der Waals surface area contributed by atoms with Crippen LogP contribution in [0.15, 0.2) is 36.5 Å². The van der Waals surface area contributed by atoms with Crippen molar-refractivity contribution in [1.29, 1.82) is 0 Å². The summed E-state index contributed by atoms with van der Waals surface area (Å²) in [6.45, 7) is 0. The second kappa shape index (κ2) is 2.88. The zero-order chi connectivity index (χ0) is 10.3. The van der Waals surface area contributed by atoms with Gasteiger partial charge in [-0.3, -0.25) is 0 Å². The summed E-state index contributed by atoms with van der Waals surface area (Å²) in [4.78, 5) is 4.30. The lowest BCUT2D eigenvalue weighted by Crippen LogP contribution is -1.79. The van der Waals surface area contributed by atoms with E-state index in [2.05, 4.69) is 15.2 Å². The Labute approximate surface area is 85.2 Å². The molecule has 4 nitrogen and oxygen atoms in total. The highest BCUT2D eigenvalue weighted by Crippen LogP contribution is 2.29. The van der Waals surface area contributed by atoms with Crippen LogP contribution in [0.2, 0.25) is 0 Å². The zero-order valence-corrected chi connectivity index (χ0v) is 7.75. The zero-order valence-electron chi connectivity index (χ0n) is 7.75. The summed E-state index contributed by atoms with van der Waals surface area (Å²) in [6, 6.07) is 9.28. The first-order valence-electron chi connectivity index (χ1n) is 4.55. The lowest BCUT2D eigenvalue weighted by atomic mass is 10.2. The van der Waals surface area contributed by atoms with Crippen LogP contribution in [-0.4, -0.2) is 20.3 Å². The van der Waals surface area contributed by atoms with Crippen LogP contribution in [0, 0.1) is 0 Å². The van der Waals surface area contributed by atoms with Crippen molar-refractivity contribution in [2.45, 2.75) is 0 Å². The summed E-state index contributed by atoms with van der Waals surface area (Å²) in [5, 5.41) is 18.8. The Bertz CT molecular complexity index is 651. The fourth-order valence-corrected chi connectivity index (χ4v) is 1.60. The van der Waals surface area contributed by atoms with Gasteiger partial charge in [-0.1, -0.05) is 18.2 Å². The minimum Gasteiger partial charge on any atom is -0.506 e. The molecule has 0 unspecified atom stereocenters. The Balaban J connectivity index is 2.62. The van der Waals surface area contributed by atoms with Crippen molar-refractivity contribution in [2.75, 3.05) is 0 Å². The van der Waals surface area contributed by atoms with Crippen LogP contribution in [0.5, 0.6) is 5.75 Å². The van der Waals surface area contributed by atoms with Crippen molar-refractivity contribution in [3.05, 3.63) is 36.5 Å². The standard InChI is InChI=1S/C11H7N3O/c15-10-7-4-2-1-3-5-9(7)13-11-8(10)6-12-14-11/h1-6,15H. The number of nitrogens with zero attached hydrogens (tertiary/aromatic N) is 3. The molecule has 2 aromatic heterocycles. The third kappa shape index (κ3) is 1.11. The molecule has 1 aromatic carbocycles. The number of hydrogen-bond donors (Lipinski definition) is 1. The van der Waals surface area contributed by atoms with Crippen molar-refractivity contribution in [1.82, 2.24) is 15.2 Å². The SMILES string of the molecule is Oc1c2cccccc2nc2nncc12. The van der Waals surface area contributed by atoms with E-state index in [0.717, 1.165) is 0 Å². The van der Waals surface area contributed by atoms with Gasteiger partial charge in [-0.05, 0) is 12.1 Å². The number of aromatic hydroxyl groups is 1. The Morgan fingerprint density at radius 1 is 1.00 bits per heavy atom. The van der Waals surface area contributed by atoms with Gasteiger partial charge in [-0.2, -0.15) is 5.10 Å². The van der Waals surface area contributed by atoms with E-state index in [1.165, 1.54) is 6.20 Å². The van der Waals surface area contributed by atoms with Gasteiger partial charge in [-0.15, -0.1) is 5.10 Å². The van der Waals surface area contributed by atoms with Crippen molar-refractivity contribution >= 4 is 21.9 Å². The summed E-state index contributed by atoms with van der Waals surface area (Å²) < 4.78 is 0. The summed E-state index contributed by atoms with van der Waals surface area (Å²) in [5.74, 6) is 0.191. The highest BCUT2D eigenvalue weighted by molar-refractivity contribution is 5.98. The number of pyridine rings is 1. The van der Waals surface area contributed by atoms with Gasteiger partial charge in [0.2, 0.25) is 0 Å². The fraction of sp³-hybridized carbons (Fsp3) is 0. The van der Waals surface area contributed by atoms with E-state index in [1.54, 1.807) is 0 Å². The van der Waals surface area contributed by atoms with Crippen molar-refractivity contribution in [2.24, 2.45) is 0 Å². The fourth-order valence-electron chi connectivity index (χ4n) is 1.60. The molecule has 0 aliphatic heterocycles. The average molecular weight is 197 g/mol. The first-order chi connectivity index (χ1) is 7.36. The maximum atomic E-state index is 9.99. The van der Waals surface area contributed by atoms with E-state index < -0.39 is 0 Å². The van der Waals surface area contributed by atoms with Gasteiger partial charge in [-0.25, -0.2) is 4.98 Å². The van der Waals surface area contributed by atoms with Gasteiger partial charge in [0.15, 0.2) is 5.65 Å². The second-order valence-electron chi connectivity index (χ2n) is 3.25. The maximum Gasteiger partial charge on any atom is 0.187 e. The molecule has 0 spiro atoms. The third-order valence-electron chi connectivity index (χ3n) is 2.33. The molecular formula is C11H7N3O. The molecule has 3 aromatic rings. The van der Waals surface area contributed by atoms with E-state index >= 15 is 0 Å². The van der Waals surface area contributed by atoms with Gasteiger partial charge >= 0.3 is 0 Å². The van der Waals surface area contributed by atoms with Gasteiger partial charge in [0.1, 0.15) is 5.75 Å². The summed E-state index contributed by atoms with van der Waals surface area (Å²) >= 11 is 0. The predicted octanol–water partition coefficient (Wildman–Crippen LogP) is 1.88. The lowest BCUT2D eigenvalue weighted by Gasteiger charge is -1.97. The van der Waals surface area contributed by atoms with Crippen LogP contribution < -0.4 is 0 Å².